The lowest BCUT2D eigenvalue weighted by Crippen LogP contribution is -1.98. The van der Waals surface area contributed by atoms with Crippen molar-refractivity contribution in [2.45, 2.75) is 13.2 Å². The Balaban J connectivity index is 2.04. The molecule has 2 aromatic carbocycles. The first-order chi connectivity index (χ1) is 8.69. The van der Waals surface area contributed by atoms with E-state index in [0.29, 0.717) is 23.2 Å². The van der Waals surface area contributed by atoms with E-state index in [9.17, 15) is 0 Å². The van der Waals surface area contributed by atoms with E-state index >= 15 is 0 Å². The quantitative estimate of drug-likeness (QED) is 0.918. The molecule has 0 fully saturated rings. The Hall–Kier alpha value is -1.22. The highest BCUT2D eigenvalue weighted by atomic mass is 35.5. The molecule has 0 aromatic heterocycles. The summed E-state index contributed by atoms with van der Waals surface area (Å²) in [5, 5.41) is 1.08. The average molecular weight is 282 g/mol. The van der Waals surface area contributed by atoms with E-state index in [4.69, 9.17) is 33.7 Å². The fourth-order valence-electron chi connectivity index (χ4n) is 1.56. The Labute approximate surface area is 116 Å². The van der Waals surface area contributed by atoms with E-state index in [1.165, 1.54) is 0 Å². The maximum Gasteiger partial charge on any atom is 0.120 e. The van der Waals surface area contributed by atoms with Crippen molar-refractivity contribution in [3.8, 4) is 5.75 Å². The second-order valence-corrected chi connectivity index (χ2v) is 4.70. The summed E-state index contributed by atoms with van der Waals surface area (Å²) in [4.78, 5) is 0. The highest BCUT2D eigenvalue weighted by Gasteiger charge is 2.01. The van der Waals surface area contributed by atoms with Crippen molar-refractivity contribution in [1.29, 1.82) is 0 Å². The Morgan fingerprint density at radius 3 is 2.50 bits per heavy atom. The minimum absolute atomic E-state index is 0.449. The Morgan fingerprint density at radius 2 is 1.78 bits per heavy atom. The molecule has 2 N–H and O–H groups in total. The van der Waals surface area contributed by atoms with Crippen LogP contribution in [0.4, 0.5) is 0 Å². The lowest BCUT2D eigenvalue weighted by Gasteiger charge is -2.08. The van der Waals surface area contributed by atoms with Crippen LogP contribution in [0.25, 0.3) is 0 Å². The highest BCUT2D eigenvalue weighted by molar-refractivity contribution is 6.42. The molecule has 0 aliphatic carbocycles. The summed E-state index contributed by atoms with van der Waals surface area (Å²) >= 11 is 11.8. The predicted octanol–water partition coefficient (Wildman–Crippen LogP) is 4.03. The van der Waals surface area contributed by atoms with Gasteiger partial charge in [-0.1, -0.05) is 41.4 Å². The normalized spacial score (nSPS) is 10.4. The Kier molecular flexibility index (Phi) is 4.48. The molecule has 4 heteroatoms. The Morgan fingerprint density at radius 1 is 0.944 bits per heavy atom. The molecule has 2 aromatic rings. The molecular weight excluding hydrogens is 269 g/mol. The van der Waals surface area contributed by atoms with Gasteiger partial charge >= 0.3 is 0 Å². The van der Waals surface area contributed by atoms with Crippen LogP contribution in [0, 0.1) is 0 Å². The van der Waals surface area contributed by atoms with Gasteiger partial charge in [-0.25, -0.2) is 0 Å². The van der Waals surface area contributed by atoms with Crippen LogP contribution in [0.3, 0.4) is 0 Å². The summed E-state index contributed by atoms with van der Waals surface area (Å²) in [6, 6.07) is 13.2. The van der Waals surface area contributed by atoms with Gasteiger partial charge in [-0.2, -0.15) is 0 Å². The van der Waals surface area contributed by atoms with E-state index in [0.717, 1.165) is 16.9 Å². The number of halogens is 2. The van der Waals surface area contributed by atoms with Crippen LogP contribution in [0.1, 0.15) is 11.1 Å². The van der Waals surface area contributed by atoms with Crippen LogP contribution in [0.15, 0.2) is 42.5 Å². The van der Waals surface area contributed by atoms with Gasteiger partial charge in [0, 0.05) is 6.54 Å². The van der Waals surface area contributed by atoms with Crippen molar-refractivity contribution in [2.75, 3.05) is 0 Å². The summed E-state index contributed by atoms with van der Waals surface area (Å²) in [6.07, 6.45) is 0. The molecule has 2 rings (SSSR count). The van der Waals surface area contributed by atoms with Gasteiger partial charge in [0.2, 0.25) is 0 Å². The third-order valence-electron chi connectivity index (χ3n) is 2.52. The predicted molar refractivity (Wildman–Crippen MR) is 75.1 cm³/mol. The van der Waals surface area contributed by atoms with E-state index in [1.807, 2.05) is 30.3 Å². The minimum atomic E-state index is 0.449. The third kappa shape index (κ3) is 3.39. The van der Waals surface area contributed by atoms with E-state index in [2.05, 4.69) is 0 Å². The fourth-order valence-corrected chi connectivity index (χ4v) is 1.88. The standard InChI is InChI=1S/C14H13Cl2NO/c15-13-5-4-11(7-14(13)16)9-18-12-3-1-2-10(6-12)8-17/h1-7H,8-9,17H2. The summed E-state index contributed by atoms with van der Waals surface area (Å²) < 4.78 is 5.67. The van der Waals surface area contributed by atoms with Gasteiger partial charge in [-0.3, -0.25) is 0 Å². The third-order valence-corrected chi connectivity index (χ3v) is 3.26. The van der Waals surface area contributed by atoms with Gasteiger partial charge < -0.3 is 10.5 Å². The van der Waals surface area contributed by atoms with E-state index in [1.54, 1.807) is 12.1 Å². The molecule has 0 radical (unpaired) electrons. The summed E-state index contributed by atoms with van der Waals surface area (Å²) in [5.41, 5.74) is 7.59. The zero-order valence-electron chi connectivity index (χ0n) is 9.70. The van der Waals surface area contributed by atoms with Crippen molar-refractivity contribution >= 4 is 23.2 Å². The smallest absolute Gasteiger partial charge is 0.120 e. The molecule has 0 aliphatic rings. The fraction of sp³-hybridized carbons (Fsp3) is 0.143. The van der Waals surface area contributed by atoms with Gasteiger partial charge in [-0.05, 0) is 35.4 Å². The monoisotopic (exact) mass is 281 g/mol. The molecule has 0 amide bonds. The van der Waals surface area contributed by atoms with Crippen LogP contribution in [0.5, 0.6) is 5.75 Å². The number of nitrogens with two attached hydrogens (primary N) is 1. The van der Waals surface area contributed by atoms with Gasteiger partial charge in [0.15, 0.2) is 0 Å². The molecule has 0 bridgehead atoms. The van der Waals surface area contributed by atoms with E-state index in [-0.39, 0.29) is 0 Å². The number of ether oxygens (including phenoxy) is 1. The van der Waals surface area contributed by atoms with Crippen LogP contribution < -0.4 is 10.5 Å². The topological polar surface area (TPSA) is 35.2 Å². The second kappa shape index (κ2) is 6.10. The molecule has 0 saturated heterocycles. The molecule has 0 atom stereocenters. The molecule has 94 valence electrons. The van der Waals surface area contributed by atoms with Gasteiger partial charge in [0.1, 0.15) is 12.4 Å². The zero-order chi connectivity index (χ0) is 13.0. The highest BCUT2D eigenvalue weighted by Crippen LogP contribution is 2.23. The SMILES string of the molecule is NCc1cccc(OCc2ccc(Cl)c(Cl)c2)c1. The van der Waals surface area contributed by atoms with Crippen LogP contribution in [0.2, 0.25) is 10.0 Å². The van der Waals surface area contributed by atoms with Crippen molar-refractivity contribution < 1.29 is 4.74 Å². The number of hydrogen-bond acceptors (Lipinski definition) is 2. The lowest BCUT2D eigenvalue weighted by atomic mass is 10.2. The molecule has 0 saturated carbocycles. The van der Waals surface area contributed by atoms with Crippen molar-refractivity contribution in [1.82, 2.24) is 0 Å². The Bertz CT molecular complexity index is 543. The molecule has 0 unspecified atom stereocenters. The molecular formula is C14H13Cl2NO. The maximum absolute atomic E-state index is 5.94. The van der Waals surface area contributed by atoms with Gasteiger partial charge in [0.25, 0.3) is 0 Å². The summed E-state index contributed by atoms with van der Waals surface area (Å²) in [5.74, 6) is 0.795. The summed E-state index contributed by atoms with van der Waals surface area (Å²) in [7, 11) is 0. The first kappa shape index (κ1) is 13.2. The van der Waals surface area contributed by atoms with Gasteiger partial charge in [-0.15, -0.1) is 0 Å². The number of benzene rings is 2. The molecule has 18 heavy (non-hydrogen) atoms. The minimum Gasteiger partial charge on any atom is -0.489 e. The maximum atomic E-state index is 5.94. The first-order valence-electron chi connectivity index (χ1n) is 5.55. The largest absolute Gasteiger partial charge is 0.489 e. The van der Waals surface area contributed by atoms with Crippen LogP contribution >= 0.6 is 23.2 Å². The lowest BCUT2D eigenvalue weighted by molar-refractivity contribution is 0.306. The van der Waals surface area contributed by atoms with Crippen LogP contribution in [-0.2, 0) is 13.2 Å². The van der Waals surface area contributed by atoms with Crippen molar-refractivity contribution in [2.24, 2.45) is 5.73 Å². The second-order valence-electron chi connectivity index (χ2n) is 3.89. The molecule has 2 nitrogen and oxygen atoms in total. The molecule has 0 spiro atoms. The average Bonchev–Trinajstić information content (AvgIpc) is 2.40. The van der Waals surface area contributed by atoms with E-state index < -0.39 is 0 Å². The first-order valence-corrected chi connectivity index (χ1v) is 6.30. The van der Waals surface area contributed by atoms with Crippen molar-refractivity contribution in [3.05, 3.63) is 63.6 Å². The van der Waals surface area contributed by atoms with Crippen LogP contribution in [-0.4, -0.2) is 0 Å². The zero-order valence-corrected chi connectivity index (χ0v) is 11.2. The molecule has 0 heterocycles. The van der Waals surface area contributed by atoms with Crippen molar-refractivity contribution in [3.63, 3.8) is 0 Å². The number of rotatable bonds is 4. The van der Waals surface area contributed by atoms with Gasteiger partial charge in [0.05, 0.1) is 10.0 Å². The number of hydrogen-bond donors (Lipinski definition) is 1. The molecule has 0 aliphatic heterocycles. The summed E-state index contributed by atoms with van der Waals surface area (Å²) in [6.45, 7) is 0.953.